The smallest absolute Gasteiger partial charge is 0.257 e. The third-order valence-electron chi connectivity index (χ3n) is 3.04. The SMILES string of the molecule is CCN(c1nc(NN)nc(-n2cccn2)n1)C1CC1. The van der Waals surface area contributed by atoms with Crippen LogP contribution in [-0.4, -0.2) is 37.3 Å². The van der Waals surface area contributed by atoms with Gasteiger partial charge in [0.25, 0.3) is 5.95 Å². The molecule has 0 spiro atoms. The van der Waals surface area contributed by atoms with Gasteiger partial charge < -0.3 is 4.90 Å². The van der Waals surface area contributed by atoms with E-state index in [0.717, 1.165) is 6.54 Å². The van der Waals surface area contributed by atoms with Crippen LogP contribution in [0.5, 0.6) is 0 Å². The highest BCUT2D eigenvalue weighted by Crippen LogP contribution is 2.29. The molecule has 2 aromatic rings. The second-order valence-electron chi connectivity index (χ2n) is 4.37. The summed E-state index contributed by atoms with van der Waals surface area (Å²) < 4.78 is 1.59. The monoisotopic (exact) mass is 260 g/mol. The minimum absolute atomic E-state index is 0.342. The summed E-state index contributed by atoms with van der Waals surface area (Å²) in [4.78, 5) is 15.2. The van der Waals surface area contributed by atoms with Gasteiger partial charge in [-0.15, -0.1) is 0 Å². The minimum atomic E-state index is 0.342. The van der Waals surface area contributed by atoms with Crippen molar-refractivity contribution in [2.24, 2.45) is 5.84 Å². The van der Waals surface area contributed by atoms with Crippen LogP contribution in [0.25, 0.3) is 5.95 Å². The van der Waals surface area contributed by atoms with Gasteiger partial charge in [-0.1, -0.05) is 0 Å². The van der Waals surface area contributed by atoms with Crippen molar-refractivity contribution < 1.29 is 0 Å². The Morgan fingerprint density at radius 1 is 1.42 bits per heavy atom. The summed E-state index contributed by atoms with van der Waals surface area (Å²) in [5.41, 5.74) is 2.48. The number of hydrazine groups is 1. The summed E-state index contributed by atoms with van der Waals surface area (Å²) in [7, 11) is 0. The molecule has 1 aliphatic rings. The quantitative estimate of drug-likeness (QED) is 0.590. The molecule has 0 amide bonds. The molecule has 100 valence electrons. The molecule has 2 aromatic heterocycles. The predicted molar refractivity (Wildman–Crippen MR) is 70.8 cm³/mol. The first-order chi connectivity index (χ1) is 9.31. The average Bonchev–Trinajstić information content (AvgIpc) is 3.12. The molecule has 0 aliphatic heterocycles. The summed E-state index contributed by atoms with van der Waals surface area (Å²) in [6.07, 6.45) is 5.83. The maximum absolute atomic E-state index is 5.42. The summed E-state index contributed by atoms with van der Waals surface area (Å²) >= 11 is 0. The fraction of sp³-hybridized carbons (Fsp3) is 0.455. The van der Waals surface area contributed by atoms with Gasteiger partial charge in [-0.3, -0.25) is 5.43 Å². The van der Waals surface area contributed by atoms with Gasteiger partial charge in [0.1, 0.15) is 0 Å². The van der Waals surface area contributed by atoms with Crippen molar-refractivity contribution in [3.63, 3.8) is 0 Å². The van der Waals surface area contributed by atoms with Crippen LogP contribution in [0.4, 0.5) is 11.9 Å². The van der Waals surface area contributed by atoms with Crippen molar-refractivity contribution >= 4 is 11.9 Å². The maximum Gasteiger partial charge on any atom is 0.257 e. The van der Waals surface area contributed by atoms with Crippen LogP contribution in [0, 0.1) is 0 Å². The van der Waals surface area contributed by atoms with Gasteiger partial charge >= 0.3 is 0 Å². The highest BCUT2D eigenvalue weighted by Gasteiger charge is 2.30. The topological polar surface area (TPSA) is 97.8 Å². The Bertz CT molecular complexity index is 548. The lowest BCUT2D eigenvalue weighted by atomic mass is 10.5. The Morgan fingerprint density at radius 2 is 2.26 bits per heavy atom. The molecule has 0 unspecified atom stereocenters. The molecular weight excluding hydrogens is 244 g/mol. The molecule has 0 saturated heterocycles. The van der Waals surface area contributed by atoms with E-state index in [9.17, 15) is 0 Å². The van der Waals surface area contributed by atoms with Crippen LogP contribution >= 0.6 is 0 Å². The molecular formula is C11H16N8. The largest absolute Gasteiger partial charge is 0.338 e. The second kappa shape index (κ2) is 4.81. The van der Waals surface area contributed by atoms with E-state index < -0.39 is 0 Å². The molecule has 3 N–H and O–H groups in total. The van der Waals surface area contributed by atoms with Crippen LogP contribution in [0.3, 0.4) is 0 Å². The van der Waals surface area contributed by atoms with Gasteiger partial charge in [0, 0.05) is 25.0 Å². The first-order valence-electron chi connectivity index (χ1n) is 6.31. The van der Waals surface area contributed by atoms with E-state index in [2.05, 4.69) is 37.3 Å². The van der Waals surface area contributed by atoms with Gasteiger partial charge in [0.2, 0.25) is 11.9 Å². The highest BCUT2D eigenvalue weighted by atomic mass is 15.4. The van der Waals surface area contributed by atoms with Crippen molar-refractivity contribution in [1.29, 1.82) is 0 Å². The van der Waals surface area contributed by atoms with Crippen LogP contribution in [0.2, 0.25) is 0 Å². The first-order valence-corrected chi connectivity index (χ1v) is 6.31. The van der Waals surface area contributed by atoms with Crippen LogP contribution in [-0.2, 0) is 0 Å². The summed E-state index contributed by atoms with van der Waals surface area (Å²) in [5.74, 6) is 6.86. The van der Waals surface area contributed by atoms with Crippen molar-refractivity contribution in [1.82, 2.24) is 24.7 Å². The number of hydrogen-bond donors (Lipinski definition) is 2. The van der Waals surface area contributed by atoms with Crippen molar-refractivity contribution in [2.45, 2.75) is 25.8 Å². The predicted octanol–water partition coefficient (Wildman–Crippen LogP) is 0.332. The fourth-order valence-electron chi connectivity index (χ4n) is 1.99. The van der Waals surface area contributed by atoms with E-state index in [-0.39, 0.29) is 0 Å². The highest BCUT2D eigenvalue weighted by molar-refractivity contribution is 5.41. The molecule has 1 saturated carbocycles. The van der Waals surface area contributed by atoms with Crippen LogP contribution < -0.4 is 16.2 Å². The Labute approximate surface area is 110 Å². The summed E-state index contributed by atoms with van der Waals surface area (Å²) in [6.45, 7) is 2.95. The number of hydrogen-bond acceptors (Lipinski definition) is 7. The zero-order valence-electron chi connectivity index (χ0n) is 10.7. The lowest BCUT2D eigenvalue weighted by Crippen LogP contribution is -2.28. The first kappa shape index (κ1) is 11.8. The Hall–Kier alpha value is -2.22. The molecule has 1 aliphatic carbocycles. The van der Waals surface area contributed by atoms with Gasteiger partial charge in [0.05, 0.1) is 0 Å². The van der Waals surface area contributed by atoms with E-state index in [1.54, 1.807) is 17.1 Å². The lowest BCUT2D eigenvalue weighted by molar-refractivity contribution is 0.746. The van der Waals surface area contributed by atoms with Crippen molar-refractivity contribution in [3.8, 4) is 5.95 Å². The minimum Gasteiger partial charge on any atom is -0.338 e. The molecule has 8 heteroatoms. The zero-order valence-corrected chi connectivity index (χ0v) is 10.7. The normalized spacial score (nSPS) is 14.4. The van der Waals surface area contributed by atoms with Crippen LogP contribution in [0.1, 0.15) is 19.8 Å². The number of nitrogen functional groups attached to an aromatic ring is 1. The van der Waals surface area contributed by atoms with Crippen molar-refractivity contribution in [3.05, 3.63) is 18.5 Å². The Balaban J connectivity index is 2.01. The average molecular weight is 260 g/mol. The van der Waals surface area contributed by atoms with E-state index in [1.165, 1.54) is 12.8 Å². The summed E-state index contributed by atoms with van der Waals surface area (Å²) in [6, 6.07) is 2.35. The van der Waals surface area contributed by atoms with Crippen LogP contribution in [0.15, 0.2) is 18.5 Å². The molecule has 2 heterocycles. The Morgan fingerprint density at radius 3 is 2.84 bits per heavy atom. The number of anilines is 2. The molecule has 8 nitrogen and oxygen atoms in total. The maximum atomic E-state index is 5.42. The molecule has 0 radical (unpaired) electrons. The van der Waals surface area contributed by atoms with E-state index in [1.807, 2.05) is 6.07 Å². The second-order valence-corrected chi connectivity index (χ2v) is 4.37. The Kier molecular flexibility index (Phi) is 3.00. The van der Waals surface area contributed by atoms with Crippen molar-refractivity contribution in [2.75, 3.05) is 16.9 Å². The van der Waals surface area contributed by atoms with E-state index >= 15 is 0 Å². The van der Waals surface area contributed by atoms with E-state index in [4.69, 9.17) is 5.84 Å². The lowest BCUT2D eigenvalue weighted by Gasteiger charge is -2.20. The van der Waals surface area contributed by atoms with Gasteiger partial charge in [-0.25, -0.2) is 10.5 Å². The molecule has 3 rings (SSSR count). The number of nitrogens with two attached hydrogens (primary N) is 1. The van der Waals surface area contributed by atoms with E-state index in [0.29, 0.717) is 23.9 Å². The third-order valence-corrected chi connectivity index (χ3v) is 3.04. The third kappa shape index (κ3) is 2.34. The number of rotatable bonds is 5. The number of nitrogens with one attached hydrogen (secondary N) is 1. The summed E-state index contributed by atoms with van der Waals surface area (Å²) in [5, 5.41) is 4.13. The van der Waals surface area contributed by atoms with Gasteiger partial charge in [-0.05, 0) is 25.8 Å². The molecule has 1 fully saturated rings. The molecule has 0 aromatic carbocycles. The standard InChI is InChI=1S/C11H16N8/c1-2-18(8-4-5-8)10-14-9(17-12)15-11(16-10)19-7-3-6-13-19/h3,6-8H,2,4-5,12H2,1H3,(H,14,15,16,17). The van der Waals surface area contributed by atoms with Gasteiger partial charge in [-0.2, -0.15) is 20.1 Å². The molecule has 19 heavy (non-hydrogen) atoms. The zero-order chi connectivity index (χ0) is 13.2. The van der Waals surface area contributed by atoms with Gasteiger partial charge in [0.15, 0.2) is 0 Å². The fourth-order valence-corrected chi connectivity index (χ4v) is 1.99. The number of aromatic nitrogens is 5. The molecule has 0 atom stereocenters. The number of nitrogens with zero attached hydrogens (tertiary/aromatic N) is 6. The molecule has 0 bridgehead atoms.